The molecule has 2 heterocycles. The molecule has 0 aromatic carbocycles. The second kappa shape index (κ2) is 5.43. The van der Waals surface area contributed by atoms with Crippen LogP contribution < -0.4 is 10.2 Å². The van der Waals surface area contributed by atoms with Crippen molar-refractivity contribution in [1.82, 2.24) is 5.32 Å². The summed E-state index contributed by atoms with van der Waals surface area (Å²) in [6.45, 7) is 3.53. The predicted molar refractivity (Wildman–Crippen MR) is 68.2 cm³/mol. The van der Waals surface area contributed by atoms with E-state index in [0.29, 0.717) is 6.42 Å². The fourth-order valence-corrected chi connectivity index (χ4v) is 3.53. The summed E-state index contributed by atoms with van der Waals surface area (Å²) in [4.78, 5) is 24.8. The monoisotopic (exact) mass is 265 g/mol. The number of carbonyl (C=O) groups excluding carboxylic acids is 2. The zero-order valence-corrected chi connectivity index (χ0v) is 11.1. The molecule has 5 heteroatoms. The highest BCUT2D eigenvalue weighted by atomic mass is 16.5. The summed E-state index contributed by atoms with van der Waals surface area (Å²) in [5.41, 5.74) is 1.35. The molecule has 2 aliphatic heterocycles. The zero-order valence-electron chi connectivity index (χ0n) is 11.1. The van der Waals surface area contributed by atoms with Crippen LogP contribution in [-0.2, 0) is 14.3 Å². The summed E-state index contributed by atoms with van der Waals surface area (Å²) in [6.07, 6.45) is 5.91. The van der Waals surface area contributed by atoms with E-state index in [1.54, 1.807) is 0 Å². The fraction of sp³-hybridized carbons (Fsp3) is 0.714. The molecule has 0 aromatic rings. The van der Waals surface area contributed by atoms with Gasteiger partial charge in [0.25, 0.3) is 0 Å². The van der Waals surface area contributed by atoms with Gasteiger partial charge in [-0.3, -0.25) is 14.9 Å². The highest BCUT2D eigenvalue weighted by Crippen LogP contribution is 2.32. The maximum absolute atomic E-state index is 11.9. The van der Waals surface area contributed by atoms with Crippen LogP contribution in [-0.4, -0.2) is 38.1 Å². The molecule has 2 saturated heterocycles. The van der Waals surface area contributed by atoms with Crippen molar-refractivity contribution in [2.24, 2.45) is 11.8 Å². The van der Waals surface area contributed by atoms with Crippen molar-refractivity contribution < 1.29 is 19.2 Å². The summed E-state index contributed by atoms with van der Waals surface area (Å²) >= 11 is 0. The molecule has 2 fully saturated rings. The Labute approximate surface area is 113 Å². The molecule has 0 radical (unpaired) electrons. The SMILES string of the molecule is O=C1C[C@@H]([C@@H]2CCCC=C2[NH+]2CCOCC2)C(=O)N1. The molecule has 2 atom stereocenters. The number of ether oxygens (including phenoxy) is 1. The van der Waals surface area contributed by atoms with Gasteiger partial charge < -0.3 is 9.64 Å². The Kier molecular flexibility index (Phi) is 3.66. The maximum atomic E-state index is 11.9. The molecule has 3 aliphatic rings. The minimum Gasteiger partial charge on any atom is -0.370 e. The Bertz CT molecular complexity index is 413. The lowest BCUT2D eigenvalue weighted by Crippen LogP contribution is -3.13. The smallest absolute Gasteiger partial charge is 0.231 e. The van der Waals surface area contributed by atoms with Gasteiger partial charge in [-0.15, -0.1) is 0 Å². The average Bonchev–Trinajstić information content (AvgIpc) is 2.79. The summed E-state index contributed by atoms with van der Waals surface area (Å²) < 4.78 is 5.41. The Morgan fingerprint density at radius 3 is 2.68 bits per heavy atom. The van der Waals surface area contributed by atoms with E-state index in [1.807, 2.05) is 0 Å². The van der Waals surface area contributed by atoms with Crippen LogP contribution in [0.3, 0.4) is 0 Å². The summed E-state index contributed by atoms with van der Waals surface area (Å²) in [6, 6.07) is 0. The minimum atomic E-state index is -0.144. The summed E-state index contributed by atoms with van der Waals surface area (Å²) in [5.74, 6) is -0.0879. The molecule has 104 valence electrons. The molecule has 2 amide bonds. The van der Waals surface area contributed by atoms with E-state index in [0.717, 1.165) is 45.6 Å². The number of hydrogen-bond acceptors (Lipinski definition) is 3. The molecule has 0 unspecified atom stereocenters. The van der Waals surface area contributed by atoms with E-state index in [1.165, 1.54) is 10.6 Å². The first-order valence-electron chi connectivity index (χ1n) is 7.22. The third-order valence-electron chi connectivity index (χ3n) is 4.48. The Morgan fingerprint density at radius 2 is 2.00 bits per heavy atom. The zero-order chi connectivity index (χ0) is 13.2. The quantitative estimate of drug-likeness (QED) is 0.646. The van der Waals surface area contributed by atoms with Crippen molar-refractivity contribution in [3.8, 4) is 0 Å². The van der Waals surface area contributed by atoms with Gasteiger partial charge in [0.1, 0.15) is 18.8 Å². The van der Waals surface area contributed by atoms with Crippen LogP contribution in [0.25, 0.3) is 0 Å². The van der Waals surface area contributed by atoms with Gasteiger partial charge in [0, 0.05) is 12.3 Å². The van der Waals surface area contributed by atoms with Crippen molar-refractivity contribution in [2.45, 2.75) is 25.7 Å². The second-order valence-electron chi connectivity index (χ2n) is 5.64. The lowest BCUT2D eigenvalue weighted by Gasteiger charge is -2.33. The molecule has 2 N–H and O–H groups in total. The van der Waals surface area contributed by atoms with Crippen LogP contribution in [0.2, 0.25) is 0 Å². The van der Waals surface area contributed by atoms with Gasteiger partial charge in [-0.1, -0.05) is 0 Å². The van der Waals surface area contributed by atoms with Gasteiger partial charge in [0.2, 0.25) is 11.8 Å². The molecule has 1 aliphatic carbocycles. The normalized spacial score (nSPS) is 33.2. The fourth-order valence-electron chi connectivity index (χ4n) is 3.53. The van der Waals surface area contributed by atoms with Gasteiger partial charge in [-0.25, -0.2) is 0 Å². The van der Waals surface area contributed by atoms with E-state index in [-0.39, 0.29) is 23.7 Å². The number of carbonyl (C=O) groups is 2. The van der Waals surface area contributed by atoms with E-state index < -0.39 is 0 Å². The van der Waals surface area contributed by atoms with Gasteiger partial charge in [-0.05, 0) is 25.3 Å². The van der Waals surface area contributed by atoms with Gasteiger partial charge in [0.15, 0.2) is 0 Å². The topological polar surface area (TPSA) is 59.8 Å². The van der Waals surface area contributed by atoms with Crippen LogP contribution in [0.4, 0.5) is 0 Å². The second-order valence-corrected chi connectivity index (χ2v) is 5.64. The first-order chi connectivity index (χ1) is 9.25. The largest absolute Gasteiger partial charge is 0.370 e. The molecule has 19 heavy (non-hydrogen) atoms. The van der Waals surface area contributed by atoms with E-state index in [4.69, 9.17) is 4.74 Å². The number of quaternary nitrogens is 1. The molecule has 0 spiro atoms. The first-order valence-corrected chi connectivity index (χ1v) is 7.22. The maximum Gasteiger partial charge on any atom is 0.231 e. The molecular formula is C14H21N2O3+. The molecule has 5 nitrogen and oxygen atoms in total. The predicted octanol–water partition coefficient (Wildman–Crippen LogP) is -0.752. The van der Waals surface area contributed by atoms with Crippen molar-refractivity contribution in [1.29, 1.82) is 0 Å². The number of morpholine rings is 1. The highest BCUT2D eigenvalue weighted by Gasteiger charge is 2.42. The number of imide groups is 1. The lowest BCUT2D eigenvalue weighted by molar-refractivity contribution is -0.874. The lowest BCUT2D eigenvalue weighted by atomic mass is 9.80. The van der Waals surface area contributed by atoms with Crippen molar-refractivity contribution >= 4 is 11.8 Å². The third kappa shape index (κ3) is 2.58. The first kappa shape index (κ1) is 12.8. The van der Waals surface area contributed by atoms with Gasteiger partial charge in [0.05, 0.1) is 19.1 Å². The van der Waals surface area contributed by atoms with Crippen LogP contribution in [0.15, 0.2) is 11.8 Å². The Balaban J connectivity index is 1.78. The van der Waals surface area contributed by atoms with Crippen LogP contribution in [0.1, 0.15) is 25.7 Å². The standard InChI is InChI=1S/C14H20N2O3/c17-13-9-11(14(18)15-13)10-3-1-2-4-12(10)16-5-7-19-8-6-16/h4,10-11H,1-3,5-9H2,(H,15,17,18)/p+1/t10-,11-/m0/s1. The van der Waals surface area contributed by atoms with Gasteiger partial charge >= 0.3 is 0 Å². The summed E-state index contributed by atoms with van der Waals surface area (Å²) in [7, 11) is 0. The van der Waals surface area contributed by atoms with Crippen LogP contribution in [0, 0.1) is 11.8 Å². The van der Waals surface area contributed by atoms with E-state index in [2.05, 4.69) is 11.4 Å². The van der Waals surface area contributed by atoms with Crippen LogP contribution in [0.5, 0.6) is 0 Å². The van der Waals surface area contributed by atoms with Crippen molar-refractivity contribution in [3.63, 3.8) is 0 Å². The van der Waals surface area contributed by atoms with Crippen molar-refractivity contribution in [2.75, 3.05) is 26.3 Å². The van der Waals surface area contributed by atoms with Crippen LogP contribution >= 0.6 is 0 Å². The molecule has 0 saturated carbocycles. The Morgan fingerprint density at radius 1 is 1.21 bits per heavy atom. The minimum absolute atomic E-state index is 0.0736. The van der Waals surface area contributed by atoms with Gasteiger partial charge in [-0.2, -0.15) is 0 Å². The van der Waals surface area contributed by atoms with Crippen molar-refractivity contribution in [3.05, 3.63) is 11.8 Å². The Hall–Kier alpha value is -1.20. The molecular weight excluding hydrogens is 244 g/mol. The number of amides is 2. The molecule has 0 aromatic heterocycles. The third-order valence-corrected chi connectivity index (χ3v) is 4.48. The number of nitrogens with one attached hydrogen (secondary N) is 2. The average molecular weight is 265 g/mol. The summed E-state index contributed by atoms with van der Waals surface area (Å²) in [5, 5.41) is 2.45. The number of hydrogen-bond donors (Lipinski definition) is 2. The van der Waals surface area contributed by atoms with E-state index in [9.17, 15) is 9.59 Å². The molecule has 3 rings (SSSR count). The molecule has 0 bridgehead atoms. The number of allylic oxidation sites excluding steroid dienone is 2. The number of rotatable bonds is 2. The highest BCUT2D eigenvalue weighted by molar-refractivity contribution is 6.03. The van der Waals surface area contributed by atoms with E-state index >= 15 is 0 Å².